The molecule has 0 amide bonds. The first-order valence-corrected chi connectivity index (χ1v) is 6.51. The molecule has 1 aromatic heterocycles. The third-order valence-electron chi connectivity index (χ3n) is 2.81. The van der Waals surface area contributed by atoms with Gasteiger partial charge < -0.3 is 19.4 Å². The van der Waals surface area contributed by atoms with Gasteiger partial charge in [-0.2, -0.15) is 0 Å². The normalized spacial score (nSPS) is 10.3. The molecule has 7 heteroatoms. The second-order valence-electron chi connectivity index (χ2n) is 4.21. The Bertz CT molecular complexity index is 487. The summed E-state index contributed by atoms with van der Waals surface area (Å²) in [6.45, 7) is 3.37. The summed E-state index contributed by atoms with van der Waals surface area (Å²) in [4.78, 5) is 31.7. The molecule has 0 aromatic carbocycles. The maximum absolute atomic E-state index is 11.6. The molecule has 0 bridgehead atoms. The standard InChI is InChI=1S/C13H21N3O4/c1-4-10-14-11(9-12(17)15-10)16(7-8-19-2)6-5-13(18)20-3/h9H,4-8H2,1-3H3,(H,14,15,17). The third kappa shape index (κ3) is 5.00. The number of hydrogen-bond acceptors (Lipinski definition) is 6. The van der Waals surface area contributed by atoms with Gasteiger partial charge in [0, 0.05) is 32.7 Å². The SMILES string of the molecule is CCc1nc(N(CCOC)CCC(=O)OC)cc(=O)[nH]1. The molecule has 1 rings (SSSR count). The lowest BCUT2D eigenvalue weighted by Crippen LogP contribution is -2.32. The highest BCUT2D eigenvalue weighted by Gasteiger charge is 2.12. The Balaban J connectivity index is 2.88. The van der Waals surface area contributed by atoms with Crippen LogP contribution in [0.2, 0.25) is 0 Å². The van der Waals surface area contributed by atoms with Crippen LogP contribution in [0, 0.1) is 0 Å². The van der Waals surface area contributed by atoms with Gasteiger partial charge in [0.1, 0.15) is 11.6 Å². The van der Waals surface area contributed by atoms with E-state index < -0.39 is 0 Å². The number of ether oxygens (including phenoxy) is 2. The molecule has 0 unspecified atom stereocenters. The van der Waals surface area contributed by atoms with E-state index in [0.29, 0.717) is 37.8 Å². The molecule has 112 valence electrons. The van der Waals surface area contributed by atoms with Gasteiger partial charge in [-0.15, -0.1) is 0 Å². The van der Waals surface area contributed by atoms with E-state index >= 15 is 0 Å². The molecule has 7 nitrogen and oxygen atoms in total. The number of anilines is 1. The van der Waals surface area contributed by atoms with Crippen LogP contribution in [0.25, 0.3) is 0 Å². The molecular formula is C13H21N3O4. The second-order valence-corrected chi connectivity index (χ2v) is 4.21. The smallest absolute Gasteiger partial charge is 0.307 e. The van der Waals surface area contributed by atoms with Gasteiger partial charge in [0.15, 0.2) is 0 Å². The fourth-order valence-electron chi connectivity index (χ4n) is 1.69. The summed E-state index contributed by atoms with van der Waals surface area (Å²) in [7, 11) is 2.95. The Labute approximate surface area is 117 Å². The van der Waals surface area contributed by atoms with Gasteiger partial charge in [-0.05, 0) is 0 Å². The van der Waals surface area contributed by atoms with Gasteiger partial charge in [0.25, 0.3) is 5.56 Å². The molecule has 20 heavy (non-hydrogen) atoms. The number of hydrogen-bond donors (Lipinski definition) is 1. The molecule has 0 aliphatic carbocycles. The monoisotopic (exact) mass is 283 g/mol. The van der Waals surface area contributed by atoms with Gasteiger partial charge in [-0.25, -0.2) is 4.98 Å². The average Bonchev–Trinajstić information content (AvgIpc) is 2.46. The lowest BCUT2D eigenvalue weighted by Gasteiger charge is -2.23. The van der Waals surface area contributed by atoms with E-state index in [1.807, 2.05) is 11.8 Å². The van der Waals surface area contributed by atoms with Crippen molar-refractivity contribution in [2.24, 2.45) is 0 Å². The summed E-state index contributed by atoms with van der Waals surface area (Å²) in [5.74, 6) is 0.868. The van der Waals surface area contributed by atoms with Crippen molar-refractivity contribution in [1.82, 2.24) is 9.97 Å². The van der Waals surface area contributed by atoms with Gasteiger partial charge >= 0.3 is 5.97 Å². The number of nitrogens with one attached hydrogen (secondary N) is 1. The highest BCUT2D eigenvalue weighted by molar-refractivity contribution is 5.69. The van der Waals surface area contributed by atoms with Crippen molar-refractivity contribution in [2.45, 2.75) is 19.8 Å². The summed E-state index contributed by atoms with van der Waals surface area (Å²) in [6, 6.07) is 1.42. The second kappa shape index (κ2) is 8.31. The number of methoxy groups -OCH3 is 2. The summed E-state index contributed by atoms with van der Waals surface area (Å²) in [5, 5.41) is 0. The van der Waals surface area contributed by atoms with Crippen molar-refractivity contribution >= 4 is 11.8 Å². The molecule has 0 saturated carbocycles. The number of nitrogens with zero attached hydrogens (tertiary/aromatic N) is 2. The Kier molecular flexibility index (Phi) is 6.72. The van der Waals surface area contributed by atoms with E-state index in [0.717, 1.165) is 0 Å². The largest absolute Gasteiger partial charge is 0.469 e. The van der Waals surface area contributed by atoms with E-state index in [1.165, 1.54) is 13.2 Å². The lowest BCUT2D eigenvalue weighted by molar-refractivity contribution is -0.140. The number of H-pyrrole nitrogens is 1. The van der Waals surface area contributed by atoms with Crippen molar-refractivity contribution < 1.29 is 14.3 Å². The van der Waals surface area contributed by atoms with Gasteiger partial charge in [-0.3, -0.25) is 9.59 Å². The third-order valence-corrected chi connectivity index (χ3v) is 2.81. The van der Waals surface area contributed by atoms with E-state index in [9.17, 15) is 9.59 Å². The number of esters is 1. The highest BCUT2D eigenvalue weighted by Crippen LogP contribution is 2.09. The number of rotatable bonds is 8. The zero-order valence-electron chi connectivity index (χ0n) is 12.1. The van der Waals surface area contributed by atoms with Crippen LogP contribution in [0.1, 0.15) is 19.2 Å². The maximum atomic E-state index is 11.6. The quantitative estimate of drug-likeness (QED) is 0.693. The molecule has 1 heterocycles. The van der Waals surface area contributed by atoms with Crippen LogP contribution in [-0.2, 0) is 20.7 Å². The van der Waals surface area contributed by atoms with Crippen molar-refractivity contribution in [3.05, 3.63) is 22.2 Å². The lowest BCUT2D eigenvalue weighted by atomic mass is 10.3. The molecule has 0 spiro atoms. The van der Waals surface area contributed by atoms with Crippen LogP contribution < -0.4 is 10.5 Å². The molecule has 1 N–H and O–H groups in total. The number of carbonyl (C=O) groups is 1. The van der Waals surface area contributed by atoms with Crippen molar-refractivity contribution in [1.29, 1.82) is 0 Å². The summed E-state index contributed by atoms with van der Waals surface area (Å²) >= 11 is 0. The van der Waals surface area contributed by atoms with E-state index in [-0.39, 0.29) is 17.9 Å². The molecule has 1 aromatic rings. The Hall–Kier alpha value is -1.89. The molecule has 0 radical (unpaired) electrons. The topological polar surface area (TPSA) is 84.5 Å². The van der Waals surface area contributed by atoms with Gasteiger partial charge in [-0.1, -0.05) is 6.92 Å². The molecule has 0 aliphatic rings. The van der Waals surface area contributed by atoms with Crippen LogP contribution >= 0.6 is 0 Å². The van der Waals surface area contributed by atoms with E-state index in [4.69, 9.17) is 4.74 Å². The highest BCUT2D eigenvalue weighted by atomic mass is 16.5. The van der Waals surface area contributed by atoms with Crippen molar-refractivity contribution in [3.8, 4) is 0 Å². The van der Waals surface area contributed by atoms with Crippen LogP contribution in [0.5, 0.6) is 0 Å². The molecule has 0 aliphatic heterocycles. The first-order chi connectivity index (χ1) is 9.60. The molecule has 0 atom stereocenters. The Morgan fingerprint density at radius 1 is 1.40 bits per heavy atom. The average molecular weight is 283 g/mol. The van der Waals surface area contributed by atoms with Crippen LogP contribution in [-0.4, -0.2) is 49.9 Å². The van der Waals surface area contributed by atoms with Gasteiger partial charge in [0.05, 0.1) is 20.1 Å². The van der Waals surface area contributed by atoms with E-state index in [2.05, 4.69) is 14.7 Å². The fraction of sp³-hybridized carbons (Fsp3) is 0.615. The minimum atomic E-state index is -0.298. The van der Waals surface area contributed by atoms with Crippen molar-refractivity contribution in [3.63, 3.8) is 0 Å². The number of aromatic nitrogens is 2. The zero-order valence-corrected chi connectivity index (χ0v) is 12.1. The summed E-state index contributed by atoms with van der Waals surface area (Å²) in [5.41, 5.74) is -0.202. The molecular weight excluding hydrogens is 262 g/mol. The Morgan fingerprint density at radius 3 is 2.75 bits per heavy atom. The zero-order chi connectivity index (χ0) is 15.0. The van der Waals surface area contributed by atoms with Crippen LogP contribution in [0.4, 0.5) is 5.82 Å². The predicted molar refractivity (Wildman–Crippen MR) is 75.0 cm³/mol. The fourth-order valence-corrected chi connectivity index (χ4v) is 1.69. The number of aromatic amines is 1. The molecule has 0 fully saturated rings. The minimum Gasteiger partial charge on any atom is -0.469 e. The minimum absolute atomic E-state index is 0.202. The van der Waals surface area contributed by atoms with E-state index in [1.54, 1.807) is 7.11 Å². The van der Waals surface area contributed by atoms with Crippen LogP contribution in [0.15, 0.2) is 10.9 Å². The first-order valence-electron chi connectivity index (χ1n) is 6.51. The van der Waals surface area contributed by atoms with Gasteiger partial charge in [0.2, 0.25) is 0 Å². The molecule has 0 saturated heterocycles. The first kappa shape index (κ1) is 16.2. The Morgan fingerprint density at radius 2 is 2.15 bits per heavy atom. The summed E-state index contributed by atoms with van der Waals surface area (Å²) in [6.07, 6.45) is 0.869. The summed E-state index contributed by atoms with van der Waals surface area (Å²) < 4.78 is 9.67. The number of carbonyl (C=O) groups excluding carboxylic acids is 1. The number of aryl methyl sites for hydroxylation is 1. The van der Waals surface area contributed by atoms with Crippen LogP contribution in [0.3, 0.4) is 0 Å². The van der Waals surface area contributed by atoms with Crippen molar-refractivity contribution in [2.75, 3.05) is 38.8 Å². The predicted octanol–water partition coefficient (Wildman–Crippen LogP) is 0.348. The maximum Gasteiger partial charge on any atom is 0.307 e.